The van der Waals surface area contributed by atoms with Crippen LogP contribution in [0, 0.1) is 0 Å². The molecule has 1 aromatic heterocycles. The minimum atomic E-state index is -0.215. The van der Waals surface area contributed by atoms with E-state index in [0.29, 0.717) is 16.7 Å². The molecule has 0 bridgehead atoms. The van der Waals surface area contributed by atoms with E-state index in [9.17, 15) is 5.11 Å². The van der Waals surface area contributed by atoms with Crippen molar-refractivity contribution in [3.63, 3.8) is 0 Å². The van der Waals surface area contributed by atoms with Crippen molar-refractivity contribution in [3.05, 3.63) is 28.0 Å². The first kappa shape index (κ1) is 12.1. The van der Waals surface area contributed by atoms with Crippen LogP contribution in [-0.2, 0) is 6.54 Å². The molecule has 3 nitrogen and oxygen atoms in total. The predicted molar refractivity (Wildman–Crippen MR) is 64.8 cm³/mol. The molecule has 1 aliphatic heterocycles. The van der Waals surface area contributed by atoms with Crippen LogP contribution in [0.1, 0.15) is 18.4 Å². The number of piperidine rings is 1. The Kier molecular flexibility index (Phi) is 4.03. The van der Waals surface area contributed by atoms with E-state index in [1.54, 1.807) is 12.3 Å². The molecule has 2 heterocycles. The van der Waals surface area contributed by atoms with E-state index >= 15 is 0 Å². The second-order valence-corrected chi connectivity index (χ2v) is 4.92. The average molecular weight is 261 g/mol. The molecule has 1 atom stereocenters. The van der Waals surface area contributed by atoms with E-state index in [1.165, 1.54) is 0 Å². The van der Waals surface area contributed by atoms with Gasteiger partial charge in [-0.1, -0.05) is 23.2 Å². The maximum atomic E-state index is 9.56. The Labute approximate surface area is 105 Å². The van der Waals surface area contributed by atoms with Crippen LogP contribution < -0.4 is 0 Å². The summed E-state index contributed by atoms with van der Waals surface area (Å²) in [6.07, 6.45) is 3.40. The molecule has 1 saturated heterocycles. The molecule has 0 amide bonds. The maximum absolute atomic E-state index is 9.56. The smallest absolute Gasteiger partial charge is 0.130 e. The number of halogens is 2. The van der Waals surface area contributed by atoms with Gasteiger partial charge in [0.15, 0.2) is 0 Å². The van der Waals surface area contributed by atoms with Crippen molar-refractivity contribution in [2.24, 2.45) is 0 Å². The highest BCUT2D eigenvalue weighted by atomic mass is 35.5. The Morgan fingerprint density at radius 2 is 2.31 bits per heavy atom. The highest BCUT2D eigenvalue weighted by Gasteiger charge is 2.18. The van der Waals surface area contributed by atoms with Gasteiger partial charge in [-0.15, -0.1) is 0 Å². The molecule has 88 valence electrons. The van der Waals surface area contributed by atoms with Gasteiger partial charge >= 0.3 is 0 Å². The van der Waals surface area contributed by atoms with Gasteiger partial charge in [-0.3, -0.25) is 4.90 Å². The van der Waals surface area contributed by atoms with Crippen LogP contribution in [0.3, 0.4) is 0 Å². The predicted octanol–water partition coefficient (Wildman–Crippen LogP) is 2.35. The zero-order valence-corrected chi connectivity index (χ0v) is 10.4. The lowest BCUT2D eigenvalue weighted by Gasteiger charge is -2.30. The first-order valence-corrected chi connectivity index (χ1v) is 6.11. The Morgan fingerprint density at radius 1 is 1.50 bits per heavy atom. The molecule has 1 aromatic rings. The van der Waals surface area contributed by atoms with Crippen LogP contribution in [0.25, 0.3) is 0 Å². The molecule has 0 radical (unpaired) electrons. The monoisotopic (exact) mass is 260 g/mol. The number of aliphatic hydroxyl groups is 1. The molecule has 0 saturated carbocycles. The SMILES string of the molecule is O[C@H]1CCCN(Cc2cnc(Cl)cc2Cl)C1. The van der Waals surface area contributed by atoms with Crippen molar-refractivity contribution >= 4 is 23.2 Å². The third kappa shape index (κ3) is 3.08. The maximum Gasteiger partial charge on any atom is 0.130 e. The third-order valence-electron chi connectivity index (χ3n) is 2.77. The number of aliphatic hydroxyl groups excluding tert-OH is 1. The summed E-state index contributed by atoms with van der Waals surface area (Å²) in [7, 11) is 0. The number of likely N-dealkylation sites (tertiary alicyclic amines) is 1. The van der Waals surface area contributed by atoms with Crippen molar-refractivity contribution < 1.29 is 5.11 Å². The molecule has 1 fully saturated rings. The van der Waals surface area contributed by atoms with Gasteiger partial charge in [-0.05, 0) is 25.5 Å². The summed E-state index contributed by atoms with van der Waals surface area (Å²) in [4.78, 5) is 6.20. The summed E-state index contributed by atoms with van der Waals surface area (Å²) in [5, 5.41) is 10.6. The van der Waals surface area contributed by atoms with Gasteiger partial charge in [0.2, 0.25) is 0 Å². The third-order valence-corrected chi connectivity index (χ3v) is 3.33. The number of β-amino-alcohol motifs (C(OH)–C–C–N with tert-alkyl or cyclic N) is 1. The molecule has 1 N–H and O–H groups in total. The van der Waals surface area contributed by atoms with Gasteiger partial charge in [0.25, 0.3) is 0 Å². The Morgan fingerprint density at radius 3 is 3.00 bits per heavy atom. The second kappa shape index (κ2) is 5.32. The lowest BCUT2D eigenvalue weighted by molar-refractivity contribution is 0.0668. The highest BCUT2D eigenvalue weighted by Crippen LogP contribution is 2.21. The summed E-state index contributed by atoms with van der Waals surface area (Å²) in [6.45, 7) is 2.43. The van der Waals surface area contributed by atoms with Gasteiger partial charge in [-0.2, -0.15) is 0 Å². The fraction of sp³-hybridized carbons (Fsp3) is 0.545. The molecule has 5 heteroatoms. The summed E-state index contributed by atoms with van der Waals surface area (Å²) < 4.78 is 0. The van der Waals surface area contributed by atoms with Crippen LogP contribution in [0.15, 0.2) is 12.3 Å². The quantitative estimate of drug-likeness (QED) is 0.830. The molecule has 0 spiro atoms. The number of hydrogen-bond donors (Lipinski definition) is 1. The van der Waals surface area contributed by atoms with Crippen molar-refractivity contribution in [2.45, 2.75) is 25.5 Å². The minimum absolute atomic E-state index is 0.215. The van der Waals surface area contributed by atoms with Crippen molar-refractivity contribution in [1.29, 1.82) is 0 Å². The van der Waals surface area contributed by atoms with Crippen LogP contribution in [0.4, 0.5) is 0 Å². The first-order chi connectivity index (χ1) is 7.65. The number of pyridine rings is 1. The van der Waals surface area contributed by atoms with Gasteiger partial charge in [0, 0.05) is 29.9 Å². The molecular formula is C11H14Cl2N2O. The molecule has 1 aliphatic rings. The van der Waals surface area contributed by atoms with E-state index in [-0.39, 0.29) is 6.10 Å². The van der Waals surface area contributed by atoms with Crippen LogP contribution in [-0.4, -0.2) is 34.2 Å². The fourth-order valence-electron chi connectivity index (χ4n) is 1.97. The standard InChI is InChI=1S/C11H14Cl2N2O/c12-10-4-11(13)14-5-8(10)6-15-3-1-2-9(16)7-15/h4-5,9,16H,1-3,6-7H2/t9-/m0/s1. The number of hydrogen-bond acceptors (Lipinski definition) is 3. The van der Waals surface area contributed by atoms with Crippen molar-refractivity contribution in [2.75, 3.05) is 13.1 Å². The molecule has 0 unspecified atom stereocenters. The summed E-state index contributed by atoms with van der Waals surface area (Å²) in [5.41, 5.74) is 0.958. The van der Waals surface area contributed by atoms with E-state index in [4.69, 9.17) is 23.2 Å². The molecule has 2 rings (SSSR count). The molecular weight excluding hydrogens is 247 g/mol. The van der Waals surface area contributed by atoms with Crippen molar-refractivity contribution in [1.82, 2.24) is 9.88 Å². The molecule has 0 aromatic carbocycles. The second-order valence-electron chi connectivity index (χ2n) is 4.13. The van der Waals surface area contributed by atoms with Gasteiger partial charge in [0.1, 0.15) is 5.15 Å². The van der Waals surface area contributed by atoms with E-state index in [0.717, 1.165) is 31.5 Å². The largest absolute Gasteiger partial charge is 0.392 e. The first-order valence-electron chi connectivity index (χ1n) is 5.35. The van der Waals surface area contributed by atoms with Gasteiger partial charge < -0.3 is 5.11 Å². The Balaban J connectivity index is 2.02. The van der Waals surface area contributed by atoms with E-state index in [1.807, 2.05) is 0 Å². The minimum Gasteiger partial charge on any atom is -0.392 e. The number of aromatic nitrogens is 1. The van der Waals surface area contributed by atoms with Gasteiger partial charge in [-0.25, -0.2) is 4.98 Å². The average Bonchev–Trinajstić information content (AvgIpc) is 2.22. The van der Waals surface area contributed by atoms with Crippen LogP contribution in [0.5, 0.6) is 0 Å². The van der Waals surface area contributed by atoms with E-state index < -0.39 is 0 Å². The van der Waals surface area contributed by atoms with E-state index in [2.05, 4.69) is 9.88 Å². The topological polar surface area (TPSA) is 36.4 Å². The zero-order chi connectivity index (χ0) is 11.5. The molecule has 0 aliphatic carbocycles. The lowest BCUT2D eigenvalue weighted by Crippen LogP contribution is -2.37. The zero-order valence-electron chi connectivity index (χ0n) is 8.87. The summed E-state index contributed by atoms with van der Waals surface area (Å²) in [5.74, 6) is 0. The van der Waals surface area contributed by atoms with Crippen molar-refractivity contribution in [3.8, 4) is 0 Å². The summed E-state index contributed by atoms with van der Waals surface area (Å²) in [6, 6.07) is 1.65. The fourth-order valence-corrected chi connectivity index (χ4v) is 2.39. The summed E-state index contributed by atoms with van der Waals surface area (Å²) >= 11 is 11.8. The Bertz CT molecular complexity index is 373. The van der Waals surface area contributed by atoms with Crippen LogP contribution >= 0.6 is 23.2 Å². The Hall–Kier alpha value is -0.350. The van der Waals surface area contributed by atoms with Crippen LogP contribution in [0.2, 0.25) is 10.2 Å². The normalized spacial score (nSPS) is 22.3. The number of rotatable bonds is 2. The van der Waals surface area contributed by atoms with Gasteiger partial charge in [0.05, 0.1) is 6.10 Å². The number of nitrogens with zero attached hydrogens (tertiary/aromatic N) is 2. The lowest BCUT2D eigenvalue weighted by atomic mass is 10.1. The highest BCUT2D eigenvalue weighted by molar-refractivity contribution is 6.34. The molecule has 16 heavy (non-hydrogen) atoms.